The first-order valence-corrected chi connectivity index (χ1v) is 6.61. The van der Waals surface area contributed by atoms with Gasteiger partial charge in [-0.05, 0) is 18.3 Å². The van der Waals surface area contributed by atoms with Gasteiger partial charge in [0, 0.05) is 13.1 Å². The van der Waals surface area contributed by atoms with Gasteiger partial charge in [0.25, 0.3) is 0 Å². The molecule has 0 aromatic carbocycles. The molecule has 1 aliphatic rings. The smallest absolute Gasteiger partial charge is 0.211 e. The lowest BCUT2D eigenvalue weighted by molar-refractivity contribution is 0.274. The van der Waals surface area contributed by atoms with Gasteiger partial charge in [-0.3, -0.25) is 0 Å². The third kappa shape index (κ3) is 3.27. The highest BCUT2D eigenvalue weighted by Gasteiger charge is 2.28. The van der Waals surface area contributed by atoms with Crippen LogP contribution in [0.2, 0.25) is 0 Å². The third-order valence-corrected chi connectivity index (χ3v) is 3.83. The van der Waals surface area contributed by atoms with Crippen molar-refractivity contribution < 1.29 is 8.42 Å². The highest BCUT2D eigenvalue weighted by molar-refractivity contribution is 7.88. The third-order valence-electron chi connectivity index (χ3n) is 2.58. The summed E-state index contributed by atoms with van der Waals surface area (Å²) in [5.41, 5.74) is 0.138. The number of hydrogen-bond acceptors (Lipinski definition) is 2. The second-order valence-electron chi connectivity index (χ2n) is 4.72. The van der Waals surface area contributed by atoms with Gasteiger partial charge in [-0.1, -0.05) is 20.3 Å². The van der Waals surface area contributed by atoms with Crippen LogP contribution in [0.5, 0.6) is 0 Å². The summed E-state index contributed by atoms with van der Waals surface area (Å²) >= 11 is 0. The van der Waals surface area contributed by atoms with Crippen molar-refractivity contribution >= 4 is 10.0 Å². The van der Waals surface area contributed by atoms with Crippen LogP contribution in [0.1, 0.15) is 33.1 Å². The first-order chi connectivity index (χ1) is 5.81. The molecular formula is C9H19NO2S. The lowest BCUT2D eigenvalue weighted by Gasteiger charge is -2.27. The minimum atomic E-state index is -2.99. The molecule has 78 valence electrons. The van der Waals surface area contributed by atoms with Crippen molar-refractivity contribution in [3.63, 3.8) is 0 Å². The molecule has 0 atom stereocenters. The Balaban J connectivity index is 2.77. The van der Waals surface area contributed by atoms with E-state index in [0.29, 0.717) is 13.1 Å². The Morgan fingerprint density at radius 1 is 1.23 bits per heavy atom. The van der Waals surface area contributed by atoms with Crippen molar-refractivity contribution in [3.8, 4) is 0 Å². The van der Waals surface area contributed by atoms with Crippen molar-refractivity contribution in [2.24, 2.45) is 5.41 Å². The molecule has 0 radical (unpaired) electrons. The van der Waals surface area contributed by atoms with Gasteiger partial charge in [0.05, 0.1) is 6.26 Å². The maximum Gasteiger partial charge on any atom is 0.211 e. The van der Waals surface area contributed by atoms with Crippen molar-refractivity contribution in [1.29, 1.82) is 0 Å². The highest BCUT2D eigenvalue weighted by atomic mass is 32.2. The summed E-state index contributed by atoms with van der Waals surface area (Å²) in [5.74, 6) is 0. The summed E-state index contributed by atoms with van der Waals surface area (Å²) in [7, 11) is -2.99. The van der Waals surface area contributed by atoms with E-state index >= 15 is 0 Å². The number of nitrogens with zero attached hydrogens (tertiary/aromatic N) is 1. The highest BCUT2D eigenvalue weighted by Crippen LogP contribution is 2.28. The fraction of sp³-hybridized carbons (Fsp3) is 1.00. The van der Waals surface area contributed by atoms with Gasteiger partial charge in [-0.2, -0.15) is 0 Å². The molecule has 0 aromatic heterocycles. The molecule has 0 spiro atoms. The quantitative estimate of drug-likeness (QED) is 0.650. The van der Waals surface area contributed by atoms with E-state index in [1.807, 2.05) is 0 Å². The molecule has 1 aliphatic heterocycles. The van der Waals surface area contributed by atoms with Crippen molar-refractivity contribution in [2.75, 3.05) is 19.3 Å². The molecule has 1 fully saturated rings. The van der Waals surface area contributed by atoms with E-state index in [4.69, 9.17) is 0 Å². The molecule has 0 saturated carbocycles. The summed E-state index contributed by atoms with van der Waals surface area (Å²) in [5, 5.41) is 0. The maximum atomic E-state index is 11.4. The molecule has 0 aromatic rings. The molecule has 3 nitrogen and oxygen atoms in total. The fourth-order valence-electron chi connectivity index (χ4n) is 1.81. The zero-order valence-corrected chi connectivity index (χ0v) is 9.52. The summed E-state index contributed by atoms with van der Waals surface area (Å²) in [6.07, 6.45) is 4.56. The van der Waals surface area contributed by atoms with Gasteiger partial charge in [0.15, 0.2) is 0 Å². The molecule has 1 saturated heterocycles. The van der Waals surface area contributed by atoms with Crippen molar-refractivity contribution in [3.05, 3.63) is 0 Å². The van der Waals surface area contributed by atoms with Gasteiger partial charge >= 0.3 is 0 Å². The molecule has 0 bridgehead atoms. The van der Waals surface area contributed by atoms with Crippen LogP contribution in [0.4, 0.5) is 0 Å². The van der Waals surface area contributed by atoms with Crippen LogP contribution in [0, 0.1) is 5.41 Å². The maximum absolute atomic E-state index is 11.4. The minimum absolute atomic E-state index is 0.138. The topological polar surface area (TPSA) is 37.4 Å². The predicted molar refractivity (Wildman–Crippen MR) is 54.0 cm³/mol. The zero-order chi connectivity index (χ0) is 10.1. The lowest BCUT2D eigenvalue weighted by Crippen LogP contribution is -2.36. The molecule has 0 amide bonds. The minimum Gasteiger partial charge on any atom is -0.213 e. The SMILES string of the molecule is CC1(C)CCCCN(S(C)(=O)=O)C1. The molecule has 0 unspecified atom stereocenters. The summed E-state index contributed by atoms with van der Waals surface area (Å²) in [6.45, 7) is 5.64. The number of rotatable bonds is 1. The molecular weight excluding hydrogens is 186 g/mol. The standard InChI is InChI=1S/C9H19NO2S/c1-9(2)6-4-5-7-10(8-9)13(3,11)12/h4-8H2,1-3H3. The normalized spacial score (nSPS) is 25.5. The van der Waals surface area contributed by atoms with Gasteiger partial charge in [-0.25, -0.2) is 12.7 Å². The molecule has 1 rings (SSSR count). The van der Waals surface area contributed by atoms with Gasteiger partial charge in [0.1, 0.15) is 0 Å². The Bertz CT molecular complexity index is 269. The van der Waals surface area contributed by atoms with Gasteiger partial charge in [-0.15, -0.1) is 0 Å². The molecule has 0 aliphatic carbocycles. The predicted octanol–water partition coefficient (Wildman–Crippen LogP) is 1.46. The Morgan fingerprint density at radius 3 is 2.38 bits per heavy atom. The van der Waals surface area contributed by atoms with Crippen LogP contribution in [-0.2, 0) is 10.0 Å². The van der Waals surface area contributed by atoms with Crippen LogP contribution in [0.25, 0.3) is 0 Å². The average Bonchev–Trinajstić information content (AvgIpc) is 2.08. The van der Waals surface area contributed by atoms with Crippen LogP contribution < -0.4 is 0 Å². The first-order valence-electron chi connectivity index (χ1n) is 4.76. The Labute approximate surface area is 81.2 Å². The van der Waals surface area contributed by atoms with E-state index in [-0.39, 0.29) is 5.41 Å². The zero-order valence-electron chi connectivity index (χ0n) is 8.71. The first kappa shape index (κ1) is 11.0. The molecule has 4 heteroatoms. The van der Waals surface area contributed by atoms with E-state index in [1.54, 1.807) is 4.31 Å². The van der Waals surface area contributed by atoms with Crippen molar-refractivity contribution in [2.45, 2.75) is 33.1 Å². The Kier molecular flexibility index (Phi) is 3.02. The summed E-state index contributed by atoms with van der Waals surface area (Å²) in [6, 6.07) is 0. The molecule has 13 heavy (non-hydrogen) atoms. The summed E-state index contributed by atoms with van der Waals surface area (Å²) in [4.78, 5) is 0. The van der Waals surface area contributed by atoms with Crippen LogP contribution in [0.3, 0.4) is 0 Å². The van der Waals surface area contributed by atoms with Crippen LogP contribution in [-0.4, -0.2) is 32.1 Å². The van der Waals surface area contributed by atoms with E-state index in [2.05, 4.69) is 13.8 Å². The van der Waals surface area contributed by atoms with Crippen LogP contribution >= 0.6 is 0 Å². The van der Waals surface area contributed by atoms with Crippen molar-refractivity contribution in [1.82, 2.24) is 4.31 Å². The number of sulfonamides is 1. The van der Waals surface area contributed by atoms with E-state index in [1.165, 1.54) is 6.26 Å². The second kappa shape index (κ2) is 3.58. The Hall–Kier alpha value is -0.0900. The van der Waals surface area contributed by atoms with Gasteiger partial charge in [0.2, 0.25) is 10.0 Å². The fourth-order valence-corrected chi connectivity index (χ4v) is 2.86. The molecule has 1 heterocycles. The lowest BCUT2D eigenvalue weighted by atomic mass is 9.88. The van der Waals surface area contributed by atoms with E-state index in [9.17, 15) is 8.42 Å². The second-order valence-corrected chi connectivity index (χ2v) is 6.70. The van der Waals surface area contributed by atoms with Crippen LogP contribution in [0.15, 0.2) is 0 Å². The number of hydrogen-bond donors (Lipinski definition) is 0. The monoisotopic (exact) mass is 205 g/mol. The largest absolute Gasteiger partial charge is 0.213 e. The average molecular weight is 205 g/mol. The molecule has 0 N–H and O–H groups in total. The van der Waals surface area contributed by atoms with E-state index < -0.39 is 10.0 Å². The van der Waals surface area contributed by atoms with E-state index in [0.717, 1.165) is 19.3 Å². The Morgan fingerprint density at radius 2 is 1.85 bits per heavy atom. The van der Waals surface area contributed by atoms with Gasteiger partial charge < -0.3 is 0 Å². The summed E-state index contributed by atoms with van der Waals surface area (Å²) < 4.78 is 24.3.